The Labute approximate surface area is 237 Å². The third kappa shape index (κ3) is 4.81. The van der Waals surface area contributed by atoms with E-state index in [1.54, 1.807) is 11.8 Å². The number of amides is 2. The molecular weight excluding hydrogens is 612 g/mol. The van der Waals surface area contributed by atoms with Crippen LogP contribution in [0.5, 0.6) is 0 Å². The Kier molecular flexibility index (Phi) is 6.67. The molecule has 6 rings (SSSR count). The number of hydrogen-bond donors (Lipinski definition) is 1. The first-order valence-corrected chi connectivity index (χ1v) is 13.9. The summed E-state index contributed by atoms with van der Waals surface area (Å²) in [7, 11) is 0. The largest absolute Gasteiger partial charge is 0.341 e. The Bertz CT molecular complexity index is 1530. The maximum Gasteiger partial charge on any atom is 0.253 e. The highest BCUT2D eigenvalue weighted by Gasteiger charge is 2.40. The summed E-state index contributed by atoms with van der Waals surface area (Å²) in [4.78, 5) is 26.8. The summed E-state index contributed by atoms with van der Waals surface area (Å²) in [5.74, 6) is -0.0416. The molecule has 2 atom stereocenters. The van der Waals surface area contributed by atoms with Gasteiger partial charge in [-0.3, -0.25) is 9.59 Å². The van der Waals surface area contributed by atoms with E-state index in [1.165, 1.54) is 0 Å². The molecule has 1 fully saturated rings. The zero-order chi connectivity index (χ0) is 26.4. The molecule has 1 N–H and O–H groups in total. The van der Waals surface area contributed by atoms with E-state index in [1.807, 2.05) is 77.6 Å². The summed E-state index contributed by atoms with van der Waals surface area (Å²) >= 11 is 7.00. The van der Waals surface area contributed by atoms with Crippen LogP contribution >= 0.6 is 31.9 Å². The number of hydrogen-bond acceptors (Lipinski definition) is 4. The smallest absolute Gasteiger partial charge is 0.253 e. The van der Waals surface area contributed by atoms with Crippen LogP contribution in [0, 0.1) is 0 Å². The number of rotatable bonds is 6. The van der Waals surface area contributed by atoms with Gasteiger partial charge in [-0.2, -0.15) is 5.10 Å². The van der Waals surface area contributed by atoms with Crippen molar-refractivity contribution in [2.75, 3.05) is 11.9 Å². The molecule has 38 heavy (non-hydrogen) atoms. The van der Waals surface area contributed by atoms with Crippen molar-refractivity contribution >= 4 is 49.4 Å². The first-order valence-electron chi connectivity index (χ1n) is 12.3. The summed E-state index contributed by atoms with van der Waals surface area (Å²) in [5, 5.41) is 7.84. The van der Waals surface area contributed by atoms with Gasteiger partial charge in [-0.1, -0.05) is 56.1 Å². The van der Waals surface area contributed by atoms with Crippen LogP contribution in [-0.2, 0) is 27.2 Å². The zero-order valence-corrected chi connectivity index (χ0v) is 23.7. The van der Waals surface area contributed by atoms with Crippen molar-refractivity contribution in [3.8, 4) is 16.9 Å². The average Bonchev–Trinajstić information content (AvgIpc) is 3.58. The molecule has 3 heterocycles. The number of fused-ring (bicyclic) bond motifs is 1. The number of nitrogens with one attached hydrogen (secondary N) is 1. The lowest BCUT2D eigenvalue weighted by molar-refractivity contribution is -0.130. The quantitative estimate of drug-likeness (QED) is 0.280. The summed E-state index contributed by atoms with van der Waals surface area (Å²) in [6, 6.07) is 21.9. The second-order valence-electron chi connectivity index (χ2n) is 9.49. The molecule has 2 amide bonds. The van der Waals surface area contributed by atoms with Gasteiger partial charge in [-0.05, 0) is 66.9 Å². The lowest BCUT2D eigenvalue weighted by Gasteiger charge is -2.23. The van der Waals surface area contributed by atoms with Crippen LogP contribution in [0.15, 0.2) is 81.9 Å². The second-order valence-corrected chi connectivity index (χ2v) is 11.3. The van der Waals surface area contributed by atoms with Gasteiger partial charge < -0.3 is 15.0 Å². The maximum absolute atomic E-state index is 13.3. The van der Waals surface area contributed by atoms with E-state index in [-0.39, 0.29) is 11.8 Å². The van der Waals surface area contributed by atoms with E-state index in [0.717, 1.165) is 48.3 Å². The summed E-state index contributed by atoms with van der Waals surface area (Å²) < 4.78 is 10.0. The molecule has 0 radical (unpaired) electrons. The van der Waals surface area contributed by atoms with E-state index >= 15 is 0 Å². The predicted octanol–water partition coefficient (Wildman–Crippen LogP) is 6.05. The Morgan fingerprint density at radius 1 is 1.00 bits per heavy atom. The number of aromatic nitrogens is 2. The topological polar surface area (TPSA) is 76.5 Å². The van der Waals surface area contributed by atoms with Gasteiger partial charge in [0.25, 0.3) is 5.91 Å². The zero-order valence-electron chi connectivity index (χ0n) is 20.5. The van der Waals surface area contributed by atoms with Gasteiger partial charge in [-0.25, -0.2) is 4.68 Å². The minimum absolute atomic E-state index is 0.0115. The first-order chi connectivity index (χ1) is 18.4. The molecular formula is C29H24Br2N4O3. The number of anilines is 1. The van der Waals surface area contributed by atoms with Crippen molar-refractivity contribution in [1.82, 2.24) is 14.7 Å². The van der Waals surface area contributed by atoms with E-state index < -0.39 is 12.3 Å². The van der Waals surface area contributed by atoms with Crippen LogP contribution in [0.4, 0.5) is 5.69 Å². The molecule has 1 saturated heterocycles. The molecule has 2 aliphatic rings. The van der Waals surface area contributed by atoms with Gasteiger partial charge in [0.1, 0.15) is 11.8 Å². The van der Waals surface area contributed by atoms with E-state index in [9.17, 15) is 9.59 Å². The SMILES string of the molecule is CC1OC(c2cn(-c3ccc(Br)cc3)nc2-c2ccc(Br)cc2)N(CCc2ccc3c(c2)NC(=O)C3)C1=O. The molecule has 0 spiro atoms. The third-order valence-corrected chi connectivity index (χ3v) is 7.96. The second kappa shape index (κ2) is 10.1. The van der Waals surface area contributed by atoms with Crippen molar-refractivity contribution in [3.05, 3.63) is 98.6 Å². The van der Waals surface area contributed by atoms with Crippen molar-refractivity contribution < 1.29 is 14.3 Å². The summed E-state index contributed by atoms with van der Waals surface area (Å²) in [6.45, 7) is 2.27. The van der Waals surface area contributed by atoms with Crippen molar-refractivity contribution in [1.29, 1.82) is 0 Å². The monoisotopic (exact) mass is 634 g/mol. The molecule has 3 aromatic carbocycles. The number of ether oxygens (including phenoxy) is 1. The Morgan fingerprint density at radius 2 is 1.71 bits per heavy atom. The van der Waals surface area contributed by atoms with Gasteiger partial charge in [0, 0.05) is 38.5 Å². The van der Waals surface area contributed by atoms with Gasteiger partial charge in [0.2, 0.25) is 5.91 Å². The summed E-state index contributed by atoms with van der Waals surface area (Å²) in [5.41, 5.74) is 6.34. The van der Waals surface area contributed by atoms with E-state index in [4.69, 9.17) is 9.84 Å². The van der Waals surface area contributed by atoms with Crippen LogP contribution in [0.2, 0.25) is 0 Å². The third-order valence-electron chi connectivity index (χ3n) is 6.91. The highest BCUT2D eigenvalue weighted by Crippen LogP contribution is 2.38. The molecule has 0 bridgehead atoms. The van der Waals surface area contributed by atoms with Crippen molar-refractivity contribution in [2.45, 2.75) is 32.1 Å². The normalized spacial score (nSPS) is 18.7. The minimum Gasteiger partial charge on any atom is -0.341 e. The van der Waals surface area contributed by atoms with E-state index in [0.29, 0.717) is 19.4 Å². The summed E-state index contributed by atoms with van der Waals surface area (Å²) in [6.07, 6.45) is 1.86. The molecule has 7 nitrogen and oxygen atoms in total. The molecule has 0 saturated carbocycles. The van der Waals surface area contributed by atoms with Crippen LogP contribution in [0.1, 0.15) is 29.8 Å². The van der Waals surface area contributed by atoms with Crippen LogP contribution < -0.4 is 5.32 Å². The van der Waals surface area contributed by atoms with Gasteiger partial charge in [0.05, 0.1) is 12.1 Å². The Hall–Kier alpha value is -3.27. The number of carbonyl (C=O) groups is 2. The molecule has 9 heteroatoms. The fourth-order valence-electron chi connectivity index (χ4n) is 4.94. The molecule has 1 aromatic heterocycles. The fourth-order valence-corrected chi connectivity index (χ4v) is 5.46. The number of nitrogens with zero attached hydrogens (tertiary/aromatic N) is 3. The fraction of sp³-hybridized carbons (Fsp3) is 0.207. The van der Waals surface area contributed by atoms with E-state index in [2.05, 4.69) is 37.2 Å². The minimum atomic E-state index is -0.575. The van der Waals surface area contributed by atoms with Crippen molar-refractivity contribution in [2.24, 2.45) is 0 Å². The van der Waals surface area contributed by atoms with Crippen LogP contribution in [0.25, 0.3) is 16.9 Å². The number of carbonyl (C=O) groups excluding carboxylic acids is 2. The Balaban J connectivity index is 1.34. The average molecular weight is 636 g/mol. The molecule has 2 unspecified atom stereocenters. The molecule has 4 aromatic rings. The standard InChI is InChI=1S/C29H24Br2N4O3/c1-17-28(37)34(13-12-18-2-3-20-15-26(36)32-25(20)14-18)29(38-17)24-16-35(23-10-8-22(31)9-11-23)33-27(24)19-4-6-21(30)7-5-19/h2-11,14,16-17,29H,12-13,15H2,1H3,(H,32,36). The Morgan fingerprint density at radius 3 is 2.45 bits per heavy atom. The van der Waals surface area contributed by atoms with Gasteiger partial charge in [0.15, 0.2) is 6.23 Å². The number of benzene rings is 3. The highest BCUT2D eigenvalue weighted by molar-refractivity contribution is 9.10. The lowest BCUT2D eigenvalue weighted by atomic mass is 10.1. The lowest BCUT2D eigenvalue weighted by Crippen LogP contribution is -2.32. The first kappa shape index (κ1) is 25.0. The van der Waals surface area contributed by atoms with Crippen LogP contribution in [0.3, 0.4) is 0 Å². The predicted molar refractivity (Wildman–Crippen MR) is 152 cm³/mol. The molecule has 2 aliphatic heterocycles. The van der Waals surface area contributed by atoms with Crippen LogP contribution in [-0.4, -0.2) is 39.1 Å². The molecule has 192 valence electrons. The maximum atomic E-state index is 13.3. The van der Waals surface area contributed by atoms with Gasteiger partial charge in [-0.15, -0.1) is 0 Å². The van der Waals surface area contributed by atoms with Gasteiger partial charge >= 0.3 is 0 Å². The molecule has 0 aliphatic carbocycles. The van der Waals surface area contributed by atoms with Crippen molar-refractivity contribution in [3.63, 3.8) is 0 Å². The highest BCUT2D eigenvalue weighted by atomic mass is 79.9. The number of halogens is 2.